The van der Waals surface area contributed by atoms with Crippen molar-refractivity contribution in [1.82, 2.24) is 10.2 Å². The zero-order valence-corrected chi connectivity index (χ0v) is 19.0. The van der Waals surface area contributed by atoms with Gasteiger partial charge in [-0.2, -0.15) is 0 Å². The molecule has 0 bridgehead atoms. The number of hydrogen-bond acceptors (Lipinski definition) is 3. The summed E-state index contributed by atoms with van der Waals surface area (Å²) in [7, 11) is 1.93. The smallest absolute Gasteiger partial charge is 0.193 e. The van der Waals surface area contributed by atoms with E-state index in [1.165, 1.54) is 44.9 Å². The fourth-order valence-corrected chi connectivity index (χ4v) is 5.97. The van der Waals surface area contributed by atoms with Crippen LogP contribution in [0.1, 0.15) is 49.8 Å². The fraction of sp³-hybridized carbons (Fsp3) is 0.750. The van der Waals surface area contributed by atoms with E-state index in [0.29, 0.717) is 10.8 Å². The number of likely N-dealkylation sites (tertiary alicyclic amines) is 1. The van der Waals surface area contributed by atoms with Crippen molar-refractivity contribution in [3.63, 3.8) is 0 Å². The van der Waals surface area contributed by atoms with Crippen molar-refractivity contribution in [3.05, 3.63) is 22.4 Å². The summed E-state index contributed by atoms with van der Waals surface area (Å²) in [6.45, 7) is 5.08. The van der Waals surface area contributed by atoms with Crippen LogP contribution in [0.25, 0.3) is 0 Å². The number of guanidine groups is 1. The molecule has 4 rings (SSSR count). The minimum atomic E-state index is 0. The van der Waals surface area contributed by atoms with Gasteiger partial charge < -0.3 is 15.0 Å². The fourth-order valence-electron chi connectivity index (χ4n) is 4.99. The first-order valence-corrected chi connectivity index (χ1v) is 10.7. The lowest BCUT2D eigenvalue weighted by molar-refractivity contribution is 0.156. The van der Waals surface area contributed by atoms with Crippen LogP contribution in [-0.4, -0.2) is 50.8 Å². The third-order valence-electron chi connectivity index (χ3n) is 6.57. The van der Waals surface area contributed by atoms with Crippen LogP contribution in [0.15, 0.2) is 22.5 Å². The third kappa shape index (κ3) is 4.07. The summed E-state index contributed by atoms with van der Waals surface area (Å²) >= 11 is 1.93. The van der Waals surface area contributed by atoms with Gasteiger partial charge in [0.15, 0.2) is 5.96 Å². The summed E-state index contributed by atoms with van der Waals surface area (Å²) in [4.78, 5) is 8.63. The van der Waals surface area contributed by atoms with Crippen LogP contribution in [0.2, 0.25) is 0 Å². The van der Waals surface area contributed by atoms with Gasteiger partial charge in [-0.1, -0.05) is 25.3 Å². The summed E-state index contributed by atoms with van der Waals surface area (Å²) in [5, 5.41) is 5.99. The number of nitrogens with one attached hydrogen (secondary N) is 1. The van der Waals surface area contributed by atoms with Gasteiger partial charge in [-0.05, 0) is 37.1 Å². The quantitative estimate of drug-likeness (QED) is 0.392. The van der Waals surface area contributed by atoms with E-state index in [2.05, 4.69) is 32.7 Å². The highest BCUT2D eigenvalue weighted by atomic mass is 127. The highest BCUT2D eigenvalue weighted by Gasteiger charge is 2.42. The van der Waals surface area contributed by atoms with Gasteiger partial charge in [-0.25, -0.2) is 0 Å². The average molecular weight is 489 g/mol. The number of thiophene rings is 1. The van der Waals surface area contributed by atoms with E-state index in [-0.39, 0.29) is 24.0 Å². The van der Waals surface area contributed by atoms with Gasteiger partial charge in [-0.3, -0.25) is 4.99 Å². The SMILES string of the molecule is CN=C(NCC1(c2cccs2)CCCCC1)N1CCC2(CCOC2)C1.I. The molecule has 1 aliphatic carbocycles. The molecule has 2 saturated heterocycles. The monoisotopic (exact) mass is 489 g/mol. The first-order chi connectivity index (χ1) is 12.3. The van der Waals surface area contributed by atoms with E-state index in [1.54, 1.807) is 4.88 Å². The molecular formula is C20H32IN3OS. The number of halogens is 1. The van der Waals surface area contributed by atoms with Gasteiger partial charge in [0.05, 0.1) is 6.61 Å². The molecule has 2 aliphatic heterocycles. The second-order valence-electron chi connectivity index (χ2n) is 8.19. The molecule has 3 fully saturated rings. The molecule has 1 saturated carbocycles. The number of aliphatic imine (C=N–C) groups is 1. The van der Waals surface area contributed by atoms with E-state index in [0.717, 1.165) is 38.8 Å². The molecule has 6 heteroatoms. The van der Waals surface area contributed by atoms with Crippen molar-refractivity contribution in [2.75, 3.05) is 39.9 Å². The topological polar surface area (TPSA) is 36.9 Å². The van der Waals surface area contributed by atoms with Crippen LogP contribution in [0.5, 0.6) is 0 Å². The highest BCUT2D eigenvalue weighted by Crippen LogP contribution is 2.41. The zero-order chi connectivity index (χ0) is 17.2. The van der Waals surface area contributed by atoms with Crippen LogP contribution in [0.3, 0.4) is 0 Å². The molecule has 26 heavy (non-hydrogen) atoms. The lowest BCUT2D eigenvalue weighted by atomic mass is 9.73. The second-order valence-corrected chi connectivity index (χ2v) is 9.14. The molecule has 1 spiro atoms. The minimum absolute atomic E-state index is 0. The number of nitrogens with zero attached hydrogens (tertiary/aromatic N) is 2. The summed E-state index contributed by atoms with van der Waals surface area (Å²) < 4.78 is 5.68. The summed E-state index contributed by atoms with van der Waals surface area (Å²) in [5.41, 5.74) is 0.685. The van der Waals surface area contributed by atoms with E-state index in [4.69, 9.17) is 4.74 Å². The molecule has 1 atom stereocenters. The van der Waals surface area contributed by atoms with Crippen molar-refractivity contribution >= 4 is 41.3 Å². The second kappa shape index (κ2) is 8.78. The maximum absolute atomic E-state index is 5.68. The van der Waals surface area contributed by atoms with Crippen molar-refractivity contribution in [1.29, 1.82) is 0 Å². The third-order valence-corrected chi connectivity index (χ3v) is 7.69. The molecule has 3 aliphatic rings. The van der Waals surface area contributed by atoms with Crippen molar-refractivity contribution < 1.29 is 4.74 Å². The van der Waals surface area contributed by atoms with Gasteiger partial charge in [0.25, 0.3) is 0 Å². The van der Waals surface area contributed by atoms with Crippen LogP contribution >= 0.6 is 35.3 Å². The molecule has 0 amide bonds. The van der Waals surface area contributed by atoms with Crippen LogP contribution in [0, 0.1) is 5.41 Å². The Morgan fingerprint density at radius 3 is 2.77 bits per heavy atom. The Bertz CT molecular complexity index is 592. The molecule has 0 radical (unpaired) electrons. The molecule has 3 heterocycles. The molecule has 1 N–H and O–H groups in total. The number of rotatable bonds is 3. The predicted molar refractivity (Wildman–Crippen MR) is 120 cm³/mol. The van der Waals surface area contributed by atoms with Gasteiger partial charge in [0.1, 0.15) is 0 Å². The lowest BCUT2D eigenvalue weighted by Gasteiger charge is -2.38. The summed E-state index contributed by atoms with van der Waals surface area (Å²) in [6.07, 6.45) is 9.13. The van der Waals surface area contributed by atoms with E-state index in [1.807, 2.05) is 18.4 Å². The van der Waals surface area contributed by atoms with Gasteiger partial charge in [-0.15, -0.1) is 35.3 Å². The number of ether oxygens (including phenoxy) is 1. The largest absolute Gasteiger partial charge is 0.381 e. The highest BCUT2D eigenvalue weighted by molar-refractivity contribution is 14.0. The zero-order valence-electron chi connectivity index (χ0n) is 15.8. The molecule has 146 valence electrons. The van der Waals surface area contributed by atoms with Crippen molar-refractivity contribution in [2.45, 2.75) is 50.4 Å². The molecular weight excluding hydrogens is 457 g/mol. The van der Waals surface area contributed by atoms with Gasteiger partial charge in [0.2, 0.25) is 0 Å². The first-order valence-electron chi connectivity index (χ1n) is 9.83. The van der Waals surface area contributed by atoms with Gasteiger partial charge in [0, 0.05) is 49.0 Å². The van der Waals surface area contributed by atoms with Crippen LogP contribution < -0.4 is 5.32 Å². The molecule has 1 unspecified atom stereocenters. The maximum Gasteiger partial charge on any atom is 0.193 e. The Labute approximate surface area is 178 Å². The Kier molecular flexibility index (Phi) is 6.88. The van der Waals surface area contributed by atoms with Gasteiger partial charge >= 0.3 is 0 Å². The predicted octanol–water partition coefficient (Wildman–Crippen LogP) is 4.26. The Hall–Kier alpha value is -0.340. The van der Waals surface area contributed by atoms with Crippen molar-refractivity contribution in [3.8, 4) is 0 Å². The Morgan fingerprint density at radius 2 is 2.12 bits per heavy atom. The minimum Gasteiger partial charge on any atom is -0.381 e. The Balaban J connectivity index is 0.00000196. The molecule has 0 aromatic carbocycles. The summed E-state index contributed by atoms with van der Waals surface area (Å²) in [5.74, 6) is 1.09. The molecule has 1 aromatic rings. The van der Waals surface area contributed by atoms with E-state index >= 15 is 0 Å². The maximum atomic E-state index is 5.68. The first kappa shape index (κ1) is 20.4. The normalized spacial score (nSPS) is 28.3. The summed E-state index contributed by atoms with van der Waals surface area (Å²) in [6, 6.07) is 4.54. The van der Waals surface area contributed by atoms with Crippen LogP contribution in [-0.2, 0) is 10.2 Å². The van der Waals surface area contributed by atoms with E-state index in [9.17, 15) is 0 Å². The number of hydrogen-bond donors (Lipinski definition) is 1. The molecule has 1 aromatic heterocycles. The standard InChI is InChI=1S/C20H31N3OS.HI/c1-21-18(23-11-9-19(15-23)10-12-24-16-19)22-14-20(7-3-2-4-8-20)17-6-5-13-25-17;/h5-6,13H,2-4,7-12,14-16H2,1H3,(H,21,22);1H. The van der Waals surface area contributed by atoms with E-state index < -0.39 is 0 Å². The average Bonchev–Trinajstić information content (AvgIpc) is 3.40. The Morgan fingerprint density at radius 1 is 1.27 bits per heavy atom. The lowest BCUT2D eigenvalue weighted by Crippen LogP contribution is -2.47. The molecule has 4 nitrogen and oxygen atoms in total. The van der Waals surface area contributed by atoms with Crippen LogP contribution in [0.4, 0.5) is 0 Å². The van der Waals surface area contributed by atoms with Crippen molar-refractivity contribution in [2.24, 2.45) is 10.4 Å².